The lowest BCUT2D eigenvalue weighted by atomic mass is 10.0. The molecule has 0 saturated heterocycles. The van der Waals surface area contributed by atoms with Gasteiger partial charge in [-0.2, -0.15) is 0 Å². The Bertz CT molecular complexity index is 1090. The minimum atomic E-state index is -0.674. The van der Waals surface area contributed by atoms with E-state index in [1.54, 1.807) is 0 Å². The third kappa shape index (κ3) is 39.9. The van der Waals surface area contributed by atoms with Crippen LogP contribution in [-0.2, 0) is 19.1 Å². The minimum absolute atomic E-state index is 0.0168. The van der Waals surface area contributed by atoms with E-state index < -0.39 is 10.7 Å². The molecule has 1 unspecified atom stereocenters. The number of nitro groups is 1. The van der Waals surface area contributed by atoms with Gasteiger partial charge in [0.15, 0.2) is 0 Å². The van der Waals surface area contributed by atoms with Gasteiger partial charge in [-0.1, -0.05) is 163 Å². The first-order valence-electron chi connectivity index (χ1n) is 25.7. The summed E-state index contributed by atoms with van der Waals surface area (Å²) in [7, 11) is 0. The molecule has 0 rings (SSSR count). The Morgan fingerprint density at radius 1 is 0.541 bits per heavy atom. The summed E-state index contributed by atoms with van der Waals surface area (Å²) in [5.41, 5.74) is 11.2. The van der Waals surface area contributed by atoms with E-state index in [4.69, 9.17) is 20.9 Å². The quantitative estimate of drug-likeness (QED) is 0.0151. The van der Waals surface area contributed by atoms with Gasteiger partial charge in [-0.05, 0) is 102 Å². The number of hydrogen-bond donors (Lipinski definition) is 2. The fourth-order valence-electron chi connectivity index (χ4n) is 7.91. The summed E-state index contributed by atoms with van der Waals surface area (Å²) < 4.78 is 11.8. The van der Waals surface area contributed by atoms with Crippen LogP contribution in [0.2, 0.25) is 0 Å². The fraction of sp³-hybridized carbons (Fsp3) is 0.900. The van der Waals surface area contributed by atoms with Crippen molar-refractivity contribution in [1.82, 2.24) is 4.90 Å². The summed E-state index contributed by atoms with van der Waals surface area (Å²) in [5.74, 6) is -0.504. The number of amidine groups is 1. The first kappa shape index (κ1) is 58.3. The van der Waals surface area contributed by atoms with Gasteiger partial charge in [0.2, 0.25) is 0 Å². The van der Waals surface area contributed by atoms with Crippen molar-refractivity contribution in [2.75, 3.05) is 26.2 Å². The molecule has 0 amide bonds. The second-order valence-electron chi connectivity index (χ2n) is 17.7. The highest BCUT2D eigenvalue weighted by molar-refractivity contribution is 5.91. The van der Waals surface area contributed by atoms with Gasteiger partial charge in [0.25, 0.3) is 0 Å². The zero-order valence-electron chi connectivity index (χ0n) is 40.3. The van der Waals surface area contributed by atoms with E-state index in [-0.39, 0.29) is 30.0 Å². The molecule has 358 valence electrons. The van der Waals surface area contributed by atoms with Crippen molar-refractivity contribution in [3.8, 4) is 0 Å². The number of carbonyl (C=O) groups excluding carboxylic acids is 2. The number of carbonyl (C=O) groups is 2. The average molecular weight is 864 g/mol. The topological polar surface area (TPSA) is 163 Å². The number of ether oxygens (including phenoxy) is 2. The molecule has 0 aliphatic rings. The molecule has 0 heterocycles. The largest absolute Gasteiger partial charge is 0.462 e. The lowest BCUT2D eigenvalue weighted by molar-refractivity contribution is -0.426. The van der Waals surface area contributed by atoms with Crippen LogP contribution in [0.15, 0.2) is 16.9 Å². The van der Waals surface area contributed by atoms with Crippen LogP contribution in [0.3, 0.4) is 0 Å². The van der Waals surface area contributed by atoms with Gasteiger partial charge >= 0.3 is 17.8 Å². The van der Waals surface area contributed by atoms with E-state index in [0.717, 1.165) is 141 Å². The Balaban J connectivity index is 4.66. The number of rotatable bonds is 46. The van der Waals surface area contributed by atoms with E-state index in [0.29, 0.717) is 19.4 Å². The predicted octanol–water partition coefficient (Wildman–Crippen LogP) is 13.3. The monoisotopic (exact) mass is 864 g/mol. The Hall–Kier alpha value is -2.69. The van der Waals surface area contributed by atoms with Crippen LogP contribution >= 0.6 is 0 Å². The van der Waals surface area contributed by atoms with E-state index in [9.17, 15) is 19.7 Å². The van der Waals surface area contributed by atoms with E-state index in [1.165, 1.54) is 96.3 Å². The van der Waals surface area contributed by atoms with Gasteiger partial charge in [0.05, 0.1) is 6.08 Å². The number of hydrogen-bond acceptors (Lipinski definition) is 9. The van der Waals surface area contributed by atoms with Gasteiger partial charge in [0.1, 0.15) is 18.0 Å². The molecule has 0 bridgehead atoms. The predicted molar refractivity (Wildman–Crippen MR) is 256 cm³/mol. The standard InChI is InChI=1S/C50H97N5O6/c1-5-9-12-15-20-27-35-45(8-4)60-49(56)38-30-23-18-25-32-41-54(43-34-40-53-47(51)44-48(52)55(58)59)42-33-26-19-24-31-39-50(57)61-46(36-28-21-16-13-10-6-2)37-29-22-17-14-11-7-3/h44-46H,5-43,52H2,1-4H3,(H2,51,53)/b48-44+. The third-order valence-electron chi connectivity index (χ3n) is 11.8. The smallest absolute Gasteiger partial charge is 0.317 e. The number of esters is 2. The van der Waals surface area contributed by atoms with Crippen LogP contribution in [0.5, 0.6) is 0 Å². The highest BCUT2D eigenvalue weighted by Gasteiger charge is 2.15. The first-order valence-corrected chi connectivity index (χ1v) is 25.7. The van der Waals surface area contributed by atoms with Crippen LogP contribution in [0.25, 0.3) is 0 Å². The minimum Gasteiger partial charge on any atom is -0.462 e. The molecule has 0 saturated carbocycles. The van der Waals surface area contributed by atoms with Crippen LogP contribution < -0.4 is 11.5 Å². The molecule has 0 aliphatic carbocycles. The molecule has 0 aromatic rings. The van der Waals surface area contributed by atoms with Crippen molar-refractivity contribution in [3.63, 3.8) is 0 Å². The van der Waals surface area contributed by atoms with Crippen molar-refractivity contribution >= 4 is 17.8 Å². The van der Waals surface area contributed by atoms with Crippen molar-refractivity contribution in [2.45, 2.75) is 265 Å². The molecule has 11 nitrogen and oxygen atoms in total. The molecule has 4 N–H and O–H groups in total. The summed E-state index contributed by atoms with van der Waals surface area (Å²) in [4.78, 5) is 42.2. The molecule has 61 heavy (non-hydrogen) atoms. The Morgan fingerprint density at radius 3 is 1.33 bits per heavy atom. The van der Waals surface area contributed by atoms with Gasteiger partial charge in [-0.15, -0.1) is 0 Å². The first-order chi connectivity index (χ1) is 29.7. The zero-order chi connectivity index (χ0) is 45.0. The maximum absolute atomic E-state index is 12.8. The molecule has 0 aliphatic heterocycles. The normalized spacial score (nSPS) is 12.7. The summed E-state index contributed by atoms with van der Waals surface area (Å²) >= 11 is 0. The molecule has 0 radical (unpaired) electrons. The van der Waals surface area contributed by atoms with Crippen LogP contribution in [-0.4, -0.2) is 66.0 Å². The van der Waals surface area contributed by atoms with Crippen molar-refractivity contribution in [2.24, 2.45) is 16.5 Å². The van der Waals surface area contributed by atoms with E-state index >= 15 is 0 Å². The third-order valence-corrected chi connectivity index (χ3v) is 11.8. The molecular weight excluding hydrogens is 767 g/mol. The lowest BCUT2D eigenvalue weighted by Gasteiger charge is -2.22. The van der Waals surface area contributed by atoms with Crippen molar-refractivity contribution in [3.05, 3.63) is 22.0 Å². The molecule has 11 heteroatoms. The van der Waals surface area contributed by atoms with Gasteiger partial charge in [-0.25, -0.2) is 0 Å². The molecular formula is C50H97N5O6. The fourth-order valence-corrected chi connectivity index (χ4v) is 7.91. The maximum Gasteiger partial charge on any atom is 0.317 e. The van der Waals surface area contributed by atoms with Crippen LogP contribution in [0.1, 0.15) is 252 Å². The zero-order valence-corrected chi connectivity index (χ0v) is 40.3. The molecule has 0 fully saturated rings. The summed E-state index contributed by atoms with van der Waals surface area (Å²) in [6.45, 7) is 12.2. The highest BCUT2D eigenvalue weighted by Crippen LogP contribution is 2.19. The summed E-state index contributed by atoms with van der Waals surface area (Å²) in [6, 6.07) is 0. The Kier molecular flexibility index (Phi) is 42.0. The second-order valence-corrected chi connectivity index (χ2v) is 17.7. The number of nitrogens with zero attached hydrogens (tertiary/aromatic N) is 3. The average Bonchev–Trinajstić information content (AvgIpc) is 3.24. The summed E-state index contributed by atoms with van der Waals surface area (Å²) in [5, 5.41) is 10.8. The van der Waals surface area contributed by atoms with Gasteiger partial charge < -0.3 is 30.2 Å². The van der Waals surface area contributed by atoms with Gasteiger partial charge in [0, 0.05) is 19.4 Å². The number of nitrogens with two attached hydrogens (primary N) is 2. The van der Waals surface area contributed by atoms with Crippen LogP contribution in [0.4, 0.5) is 0 Å². The van der Waals surface area contributed by atoms with Crippen molar-refractivity contribution in [1.29, 1.82) is 0 Å². The Labute approximate surface area is 374 Å². The Morgan fingerprint density at radius 2 is 0.902 bits per heavy atom. The maximum atomic E-state index is 12.8. The SMILES string of the molecule is CCCCCCCCC(CC)OC(=O)CCCCCCCN(CCCCCCCC(=O)OC(CCCCCCCC)CCCCCCCC)CCCN=C(N)/C=C(\N)[N+](=O)[O-]. The van der Waals surface area contributed by atoms with E-state index in [2.05, 4.69) is 37.6 Å². The van der Waals surface area contributed by atoms with Crippen molar-refractivity contribution < 1.29 is 24.0 Å². The number of unbranched alkanes of at least 4 members (excludes halogenated alkanes) is 23. The molecule has 0 aromatic heterocycles. The summed E-state index contributed by atoms with van der Waals surface area (Å²) in [6.07, 6.45) is 40.0. The molecule has 0 spiro atoms. The molecule has 0 aromatic carbocycles. The van der Waals surface area contributed by atoms with Gasteiger partial charge in [-0.3, -0.25) is 20.3 Å². The lowest BCUT2D eigenvalue weighted by Crippen LogP contribution is -2.28. The highest BCUT2D eigenvalue weighted by atomic mass is 16.6. The molecule has 1 atom stereocenters. The van der Waals surface area contributed by atoms with Crippen LogP contribution in [0, 0.1) is 10.1 Å². The number of aliphatic imine (C=N–C) groups is 1. The van der Waals surface area contributed by atoms with E-state index in [1.807, 2.05) is 0 Å². The second kappa shape index (κ2) is 43.9.